The molecule has 0 aromatic rings. The Labute approximate surface area is 180 Å². The third-order valence-corrected chi connectivity index (χ3v) is 7.77. The molecule has 0 aliphatic heterocycles. The maximum Gasteiger partial charge on any atom is 0.428 e. The minimum absolute atomic E-state index is 0.232. The molecule has 8 nitrogen and oxygen atoms in total. The van der Waals surface area contributed by atoms with E-state index in [1.54, 1.807) is 0 Å². The van der Waals surface area contributed by atoms with Crippen LogP contribution in [-0.2, 0) is 33.9 Å². The third kappa shape index (κ3) is 4.73. The van der Waals surface area contributed by atoms with Crippen LogP contribution in [0.5, 0.6) is 0 Å². The van der Waals surface area contributed by atoms with E-state index in [1.165, 1.54) is 0 Å². The second kappa shape index (κ2) is 7.91. The molecule has 11 heteroatoms. The average Bonchev–Trinajstić information content (AvgIpc) is 2.62. The van der Waals surface area contributed by atoms with Crippen molar-refractivity contribution in [1.29, 1.82) is 0 Å². The summed E-state index contributed by atoms with van der Waals surface area (Å²) >= 11 is 0. The van der Waals surface area contributed by atoms with Gasteiger partial charge in [0.1, 0.15) is 12.2 Å². The van der Waals surface area contributed by atoms with Crippen molar-refractivity contribution in [2.24, 2.45) is 17.3 Å². The highest BCUT2D eigenvalue weighted by atomic mass is 32.2. The van der Waals surface area contributed by atoms with Crippen molar-refractivity contribution in [3.05, 3.63) is 0 Å². The summed E-state index contributed by atoms with van der Waals surface area (Å²) in [6.07, 6.45) is 5.15. The predicted molar refractivity (Wildman–Crippen MR) is 102 cm³/mol. The molecule has 2 atom stereocenters. The maximum atomic E-state index is 13.2. The van der Waals surface area contributed by atoms with Gasteiger partial charge in [-0.15, -0.1) is 0 Å². The van der Waals surface area contributed by atoms with E-state index >= 15 is 0 Å². The summed E-state index contributed by atoms with van der Waals surface area (Å²) < 4.78 is 74.2. The van der Waals surface area contributed by atoms with Gasteiger partial charge in [-0.25, -0.2) is 13.2 Å². The van der Waals surface area contributed by atoms with Crippen molar-refractivity contribution in [1.82, 2.24) is 0 Å². The molecule has 31 heavy (non-hydrogen) atoms. The van der Waals surface area contributed by atoms with Gasteiger partial charge in [0.15, 0.2) is 10.1 Å². The largest absolute Gasteiger partial charge is 0.743 e. The molecular formula is C20H29F2O8S-. The Bertz CT molecular complexity index is 824. The van der Waals surface area contributed by atoms with E-state index in [2.05, 4.69) is 4.74 Å². The number of alkyl halides is 2. The summed E-state index contributed by atoms with van der Waals surface area (Å²) in [4.78, 5) is 24.0. The molecule has 0 aromatic heterocycles. The average molecular weight is 468 g/mol. The van der Waals surface area contributed by atoms with Gasteiger partial charge >= 0.3 is 17.2 Å². The molecule has 4 saturated carbocycles. The zero-order chi connectivity index (χ0) is 23.3. The molecule has 0 heterocycles. The van der Waals surface area contributed by atoms with Crippen molar-refractivity contribution >= 4 is 22.1 Å². The Morgan fingerprint density at radius 2 is 1.58 bits per heavy atom. The maximum absolute atomic E-state index is 13.2. The molecular weight excluding hydrogens is 438 g/mol. The fraction of sp³-hybridized carbons (Fsp3) is 0.900. The fourth-order valence-electron chi connectivity index (χ4n) is 5.44. The molecule has 178 valence electrons. The van der Waals surface area contributed by atoms with Gasteiger partial charge in [0, 0.05) is 6.42 Å². The predicted octanol–water partition coefficient (Wildman–Crippen LogP) is 2.76. The topological polar surface area (TPSA) is 119 Å². The van der Waals surface area contributed by atoms with Gasteiger partial charge in [0.2, 0.25) is 0 Å². The summed E-state index contributed by atoms with van der Waals surface area (Å²) in [5, 5.41) is -5.14. The van der Waals surface area contributed by atoms with Gasteiger partial charge in [-0.2, -0.15) is 8.78 Å². The van der Waals surface area contributed by atoms with E-state index in [1.807, 2.05) is 20.8 Å². The molecule has 0 spiro atoms. The van der Waals surface area contributed by atoms with Gasteiger partial charge < -0.3 is 18.8 Å². The summed E-state index contributed by atoms with van der Waals surface area (Å²) in [5.41, 5.74) is -1.83. The van der Waals surface area contributed by atoms with E-state index in [-0.39, 0.29) is 12.6 Å². The Hall–Kier alpha value is -1.33. The lowest BCUT2D eigenvalue weighted by Crippen LogP contribution is -2.62. The van der Waals surface area contributed by atoms with Crippen LogP contribution in [0.15, 0.2) is 0 Å². The Morgan fingerprint density at radius 1 is 1.03 bits per heavy atom. The van der Waals surface area contributed by atoms with Gasteiger partial charge in [-0.05, 0) is 64.2 Å². The van der Waals surface area contributed by atoms with Crippen LogP contribution >= 0.6 is 0 Å². The number of rotatable bonds is 9. The first-order chi connectivity index (χ1) is 14.1. The lowest BCUT2D eigenvalue weighted by Gasteiger charge is -2.61. The molecule has 0 saturated heterocycles. The van der Waals surface area contributed by atoms with Crippen LogP contribution in [0.2, 0.25) is 0 Å². The summed E-state index contributed by atoms with van der Waals surface area (Å²) in [7, 11) is -6.16. The molecule has 4 bridgehead atoms. The molecule has 0 N–H and O–H groups in total. The standard InChI is InChI=1S/C20H30F2O8S/c1-4-17(2,3)15(23)30-19-10-13-7-14(11-19)9-18(8-13,12-19)29-6-5-28-16(24)20(21,22)31(25,26)27/h13-14H,4-12H2,1-3H3,(H,25,26,27)/p-1. The van der Waals surface area contributed by atoms with Gasteiger partial charge in [-0.1, -0.05) is 6.92 Å². The van der Waals surface area contributed by atoms with Gasteiger partial charge in [-0.3, -0.25) is 4.79 Å². The van der Waals surface area contributed by atoms with Crippen molar-refractivity contribution < 1.29 is 45.6 Å². The van der Waals surface area contributed by atoms with Gasteiger partial charge in [0.05, 0.1) is 17.6 Å². The highest BCUT2D eigenvalue weighted by Gasteiger charge is 2.60. The monoisotopic (exact) mass is 467 g/mol. The lowest BCUT2D eigenvalue weighted by molar-refractivity contribution is -0.240. The molecule has 0 radical (unpaired) electrons. The van der Waals surface area contributed by atoms with E-state index < -0.39 is 44.6 Å². The highest BCUT2D eigenvalue weighted by Crippen LogP contribution is 2.60. The smallest absolute Gasteiger partial charge is 0.428 e. The van der Waals surface area contributed by atoms with E-state index in [4.69, 9.17) is 9.47 Å². The number of esters is 2. The second-order valence-corrected chi connectivity index (χ2v) is 11.3. The third-order valence-electron chi connectivity index (χ3n) is 6.98. The van der Waals surface area contributed by atoms with E-state index in [0.29, 0.717) is 24.7 Å². The molecule has 0 aromatic carbocycles. The molecule has 4 aliphatic rings. The zero-order valence-corrected chi connectivity index (χ0v) is 18.8. The molecule has 2 unspecified atom stereocenters. The highest BCUT2D eigenvalue weighted by molar-refractivity contribution is 7.87. The van der Waals surface area contributed by atoms with Crippen molar-refractivity contribution in [3.63, 3.8) is 0 Å². The van der Waals surface area contributed by atoms with Crippen molar-refractivity contribution in [2.75, 3.05) is 13.2 Å². The van der Waals surface area contributed by atoms with Crippen LogP contribution in [0.1, 0.15) is 65.7 Å². The van der Waals surface area contributed by atoms with E-state index in [9.17, 15) is 31.3 Å². The number of hydrogen-bond donors (Lipinski definition) is 0. The lowest BCUT2D eigenvalue weighted by atomic mass is 9.52. The number of carbonyl (C=O) groups is 2. The Morgan fingerprint density at radius 3 is 2.10 bits per heavy atom. The normalized spacial score (nSPS) is 32.7. The van der Waals surface area contributed by atoms with Crippen LogP contribution < -0.4 is 0 Å². The van der Waals surface area contributed by atoms with Crippen molar-refractivity contribution in [2.45, 2.75) is 82.2 Å². The van der Waals surface area contributed by atoms with Gasteiger partial charge in [0.25, 0.3) is 0 Å². The van der Waals surface area contributed by atoms with Crippen LogP contribution in [0.3, 0.4) is 0 Å². The summed E-state index contributed by atoms with van der Waals surface area (Å²) in [6, 6.07) is 0. The van der Waals surface area contributed by atoms with Crippen molar-refractivity contribution in [3.8, 4) is 0 Å². The number of ether oxygens (including phenoxy) is 3. The number of hydrogen-bond acceptors (Lipinski definition) is 8. The van der Waals surface area contributed by atoms with Crippen LogP contribution in [-0.4, -0.2) is 54.6 Å². The second-order valence-electron chi connectivity index (χ2n) is 9.91. The molecule has 4 aliphatic carbocycles. The number of carbonyl (C=O) groups excluding carboxylic acids is 2. The Balaban J connectivity index is 1.61. The molecule has 4 fully saturated rings. The van der Waals surface area contributed by atoms with Crippen LogP contribution in [0, 0.1) is 17.3 Å². The van der Waals surface area contributed by atoms with Crippen LogP contribution in [0.4, 0.5) is 8.78 Å². The first-order valence-corrected chi connectivity index (χ1v) is 11.9. The number of halogens is 2. The quantitative estimate of drug-likeness (QED) is 0.288. The minimum Gasteiger partial charge on any atom is -0.743 e. The molecule has 0 amide bonds. The Kier molecular flexibility index (Phi) is 6.21. The fourth-order valence-corrected chi connectivity index (χ4v) is 5.71. The molecule has 4 rings (SSSR count). The first-order valence-electron chi connectivity index (χ1n) is 10.5. The zero-order valence-electron chi connectivity index (χ0n) is 17.9. The summed E-state index contributed by atoms with van der Waals surface area (Å²) in [5.74, 6) is -2.03. The van der Waals surface area contributed by atoms with E-state index in [0.717, 1.165) is 32.1 Å². The minimum atomic E-state index is -6.16. The first kappa shape index (κ1) is 24.3. The summed E-state index contributed by atoms with van der Waals surface area (Å²) in [6.45, 7) is 4.76. The van der Waals surface area contributed by atoms with Crippen LogP contribution in [0.25, 0.3) is 0 Å². The SMILES string of the molecule is CCC(C)(C)C(=O)OC12CC3CC(CC(OCCOC(=O)C(F)(F)S(=O)(=O)[O-])(C3)C1)C2.